The van der Waals surface area contributed by atoms with Crippen LogP contribution in [0.3, 0.4) is 0 Å². The molecule has 8 heteroatoms. The predicted molar refractivity (Wildman–Crippen MR) is 115 cm³/mol. The lowest BCUT2D eigenvalue weighted by atomic mass is 10.1. The third-order valence-electron chi connectivity index (χ3n) is 4.71. The van der Waals surface area contributed by atoms with Gasteiger partial charge in [0.25, 0.3) is 0 Å². The second-order valence-corrected chi connectivity index (χ2v) is 8.78. The molecule has 0 aliphatic heterocycles. The van der Waals surface area contributed by atoms with Crippen molar-refractivity contribution < 1.29 is 22.0 Å². The number of anilines is 1. The minimum atomic E-state index is -3.71. The fourth-order valence-electron chi connectivity index (χ4n) is 3.01. The Balaban J connectivity index is 1.57. The van der Waals surface area contributed by atoms with Gasteiger partial charge in [-0.2, -0.15) is 0 Å². The van der Waals surface area contributed by atoms with Crippen LogP contribution in [0.1, 0.15) is 30.5 Å². The lowest BCUT2D eigenvalue weighted by molar-refractivity contribution is -0.116. The zero-order chi connectivity index (χ0) is 22.4. The van der Waals surface area contributed by atoms with E-state index >= 15 is 0 Å². The fraction of sp³-hybridized carbons (Fsp3) is 0.174. The highest BCUT2D eigenvalue weighted by molar-refractivity contribution is 7.89. The molecule has 0 radical (unpaired) electrons. The molecule has 0 unspecified atom stereocenters. The smallest absolute Gasteiger partial charge is 0.241 e. The molecule has 0 saturated heterocycles. The second-order valence-electron chi connectivity index (χ2n) is 7.07. The molecule has 0 saturated carbocycles. The first-order valence-electron chi connectivity index (χ1n) is 9.66. The highest BCUT2D eigenvalue weighted by Gasteiger charge is 2.18. The SMILES string of the molecule is C[C@H](NS(=O)(=O)c1ccc(CCC(=O)Nc2ccc(F)cc2F)cc1)c1ccccc1. The second kappa shape index (κ2) is 9.80. The van der Waals surface area contributed by atoms with Crippen LogP contribution in [0, 0.1) is 11.6 Å². The topological polar surface area (TPSA) is 75.3 Å². The number of carbonyl (C=O) groups is 1. The van der Waals surface area contributed by atoms with Crippen molar-refractivity contribution in [2.45, 2.75) is 30.7 Å². The molecule has 0 aliphatic carbocycles. The van der Waals surface area contributed by atoms with E-state index in [0.29, 0.717) is 12.5 Å². The van der Waals surface area contributed by atoms with Gasteiger partial charge in [0.15, 0.2) is 0 Å². The van der Waals surface area contributed by atoms with Crippen LogP contribution in [-0.2, 0) is 21.2 Å². The summed E-state index contributed by atoms with van der Waals surface area (Å²) in [6.45, 7) is 1.77. The van der Waals surface area contributed by atoms with Crippen molar-refractivity contribution in [2.75, 3.05) is 5.32 Å². The number of benzene rings is 3. The Morgan fingerprint density at radius 3 is 2.29 bits per heavy atom. The first-order valence-corrected chi connectivity index (χ1v) is 11.1. The molecule has 0 bridgehead atoms. The highest BCUT2D eigenvalue weighted by Crippen LogP contribution is 2.18. The Bertz CT molecular complexity index is 1150. The number of hydrogen-bond donors (Lipinski definition) is 2. The first-order chi connectivity index (χ1) is 14.7. The molecule has 2 N–H and O–H groups in total. The summed E-state index contributed by atoms with van der Waals surface area (Å²) in [5.74, 6) is -2.00. The largest absolute Gasteiger partial charge is 0.324 e. The summed E-state index contributed by atoms with van der Waals surface area (Å²) in [5.41, 5.74) is 1.52. The summed E-state index contributed by atoms with van der Waals surface area (Å²) in [6, 6.07) is 18.0. The molecule has 0 spiro atoms. The van der Waals surface area contributed by atoms with Crippen molar-refractivity contribution in [3.63, 3.8) is 0 Å². The van der Waals surface area contributed by atoms with Gasteiger partial charge in [0.05, 0.1) is 10.6 Å². The van der Waals surface area contributed by atoms with Gasteiger partial charge < -0.3 is 5.32 Å². The minimum absolute atomic E-state index is 0.0617. The summed E-state index contributed by atoms with van der Waals surface area (Å²) in [5, 5.41) is 2.39. The molecule has 5 nitrogen and oxygen atoms in total. The van der Waals surface area contributed by atoms with E-state index in [0.717, 1.165) is 23.3 Å². The van der Waals surface area contributed by atoms with Crippen LogP contribution in [0.15, 0.2) is 77.7 Å². The van der Waals surface area contributed by atoms with Crippen LogP contribution in [0.25, 0.3) is 0 Å². The van der Waals surface area contributed by atoms with Crippen LogP contribution < -0.4 is 10.0 Å². The van der Waals surface area contributed by atoms with Crippen LogP contribution in [0.2, 0.25) is 0 Å². The maximum absolute atomic E-state index is 13.6. The Labute approximate surface area is 180 Å². The average Bonchev–Trinajstić information content (AvgIpc) is 2.75. The van der Waals surface area contributed by atoms with E-state index in [4.69, 9.17) is 0 Å². The number of nitrogens with one attached hydrogen (secondary N) is 2. The van der Waals surface area contributed by atoms with Gasteiger partial charge in [0.1, 0.15) is 11.6 Å². The fourth-order valence-corrected chi connectivity index (χ4v) is 4.24. The molecule has 3 aromatic carbocycles. The molecular formula is C23H22F2N2O3S. The number of halogens is 2. The maximum atomic E-state index is 13.6. The molecule has 0 aliphatic rings. The predicted octanol–water partition coefficient (Wildman–Crippen LogP) is 4.58. The molecule has 0 heterocycles. The summed E-state index contributed by atoms with van der Waals surface area (Å²) < 4.78 is 54.4. The third-order valence-corrected chi connectivity index (χ3v) is 6.27. The quantitative estimate of drug-likeness (QED) is 0.534. The van der Waals surface area contributed by atoms with Gasteiger partial charge >= 0.3 is 0 Å². The van der Waals surface area contributed by atoms with Crippen LogP contribution >= 0.6 is 0 Å². The monoisotopic (exact) mass is 444 g/mol. The highest BCUT2D eigenvalue weighted by atomic mass is 32.2. The summed E-state index contributed by atoms with van der Waals surface area (Å²) >= 11 is 0. The molecule has 31 heavy (non-hydrogen) atoms. The summed E-state index contributed by atoms with van der Waals surface area (Å²) in [6.07, 6.45) is 0.398. The normalized spacial score (nSPS) is 12.4. The lowest BCUT2D eigenvalue weighted by Crippen LogP contribution is -2.26. The van der Waals surface area contributed by atoms with Gasteiger partial charge in [-0.3, -0.25) is 4.79 Å². The number of hydrogen-bond acceptors (Lipinski definition) is 3. The number of amides is 1. The van der Waals surface area contributed by atoms with Crippen molar-refractivity contribution in [1.29, 1.82) is 0 Å². The first kappa shape index (κ1) is 22.6. The van der Waals surface area contributed by atoms with Crippen LogP contribution in [0.5, 0.6) is 0 Å². The van der Waals surface area contributed by atoms with Crippen LogP contribution in [0.4, 0.5) is 14.5 Å². The lowest BCUT2D eigenvalue weighted by Gasteiger charge is -2.15. The zero-order valence-corrected chi connectivity index (χ0v) is 17.6. The van der Waals surface area contributed by atoms with Crippen molar-refractivity contribution in [3.05, 3.63) is 95.6 Å². The molecular weight excluding hydrogens is 422 g/mol. The van der Waals surface area contributed by atoms with Crippen molar-refractivity contribution >= 4 is 21.6 Å². The molecule has 3 aromatic rings. The maximum Gasteiger partial charge on any atom is 0.241 e. The molecule has 3 rings (SSSR count). The number of aryl methyl sites for hydroxylation is 1. The Morgan fingerprint density at radius 2 is 1.65 bits per heavy atom. The van der Waals surface area contributed by atoms with Crippen molar-refractivity contribution in [1.82, 2.24) is 4.72 Å². The molecule has 0 fully saturated rings. The van der Waals surface area contributed by atoms with Gasteiger partial charge in [-0.25, -0.2) is 21.9 Å². The van der Waals surface area contributed by atoms with E-state index < -0.39 is 27.6 Å². The number of carbonyl (C=O) groups excluding carboxylic acids is 1. The van der Waals surface area contributed by atoms with E-state index in [9.17, 15) is 22.0 Å². The van der Waals surface area contributed by atoms with Gasteiger partial charge in [-0.05, 0) is 48.7 Å². The van der Waals surface area contributed by atoms with Crippen molar-refractivity contribution in [3.8, 4) is 0 Å². The average molecular weight is 445 g/mol. The standard InChI is InChI=1S/C23H22F2N2O3S/c1-16(18-5-3-2-4-6-18)27-31(29,30)20-11-7-17(8-12-20)9-14-23(28)26-22-13-10-19(24)15-21(22)25/h2-8,10-13,15-16,27H,9,14H2,1H3,(H,26,28)/t16-/m0/s1. The summed E-state index contributed by atoms with van der Waals surface area (Å²) in [4.78, 5) is 12.1. The van der Waals surface area contributed by atoms with E-state index in [1.54, 1.807) is 19.1 Å². The van der Waals surface area contributed by atoms with Gasteiger partial charge in [0.2, 0.25) is 15.9 Å². The molecule has 1 atom stereocenters. The number of rotatable bonds is 8. The number of sulfonamides is 1. The minimum Gasteiger partial charge on any atom is -0.324 e. The molecule has 162 valence electrons. The van der Waals surface area contributed by atoms with E-state index in [-0.39, 0.29) is 23.0 Å². The third kappa shape index (κ3) is 6.19. The van der Waals surface area contributed by atoms with E-state index in [2.05, 4.69) is 10.0 Å². The van der Waals surface area contributed by atoms with Gasteiger partial charge in [-0.15, -0.1) is 0 Å². The Hall–Kier alpha value is -3.10. The van der Waals surface area contributed by atoms with E-state index in [1.807, 2.05) is 30.3 Å². The van der Waals surface area contributed by atoms with Crippen LogP contribution in [-0.4, -0.2) is 14.3 Å². The summed E-state index contributed by atoms with van der Waals surface area (Å²) in [7, 11) is -3.71. The molecule has 1 amide bonds. The van der Waals surface area contributed by atoms with Crippen molar-refractivity contribution in [2.24, 2.45) is 0 Å². The Kier molecular flexibility index (Phi) is 7.14. The molecule has 0 aromatic heterocycles. The van der Waals surface area contributed by atoms with Gasteiger partial charge in [0, 0.05) is 18.5 Å². The Morgan fingerprint density at radius 1 is 0.968 bits per heavy atom. The van der Waals surface area contributed by atoms with Gasteiger partial charge in [-0.1, -0.05) is 42.5 Å². The zero-order valence-electron chi connectivity index (χ0n) is 16.8. The van der Waals surface area contributed by atoms with E-state index in [1.165, 1.54) is 12.1 Å².